The number of aryl methyl sites for hydroxylation is 1. The van der Waals surface area contributed by atoms with Gasteiger partial charge in [-0.1, -0.05) is 17.3 Å². The summed E-state index contributed by atoms with van der Waals surface area (Å²) in [5.41, 5.74) is 1.57. The van der Waals surface area contributed by atoms with Crippen molar-refractivity contribution < 1.29 is 13.7 Å². The van der Waals surface area contributed by atoms with Crippen molar-refractivity contribution >= 4 is 34.0 Å². The fraction of sp³-hybridized carbons (Fsp3) is 0.125. The maximum Gasteiger partial charge on any atom is 0.420 e. The molecule has 126 valence electrons. The van der Waals surface area contributed by atoms with E-state index in [0.717, 1.165) is 0 Å². The van der Waals surface area contributed by atoms with Crippen molar-refractivity contribution in [2.24, 2.45) is 0 Å². The van der Waals surface area contributed by atoms with Crippen LogP contribution in [0.4, 0.5) is 5.69 Å². The number of nitrogens with zero attached hydrogens (tertiary/aromatic N) is 3. The van der Waals surface area contributed by atoms with Gasteiger partial charge < -0.3 is 14.3 Å². The molecule has 1 amide bonds. The number of anilines is 1. The zero-order chi connectivity index (χ0) is 17.4. The highest BCUT2D eigenvalue weighted by atomic mass is 32.1. The predicted octanol–water partition coefficient (Wildman–Crippen LogP) is 2.65. The zero-order valence-corrected chi connectivity index (χ0v) is 13.9. The van der Waals surface area contributed by atoms with Crippen LogP contribution in [0.1, 0.15) is 5.82 Å². The first-order chi connectivity index (χ1) is 12.1. The minimum atomic E-state index is -0.575. The van der Waals surface area contributed by atoms with E-state index in [1.54, 1.807) is 37.3 Å². The first kappa shape index (κ1) is 15.3. The second-order valence-corrected chi connectivity index (χ2v) is 6.20. The standard InChI is InChI=1S/C16H12N4O4S/c1-9-17-15(24-19-9)14-10(6-7-25-14)18-13(21)8-20-11-4-2-3-5-12(11)23-16(20)22/h2-7H,8H2,1H3,(H,18,21). The minimum absolute atomic E-state index is 0.159. The predicted molar refractivity (Wildman–Crippen MR) is 91.5 cm³/mol. The third-order valence-electron chi connectivity index (χ3n) is 3.54. The van der Waals surface area contributed by atoms with Gasteiger partial charge in [-0.3, -0.25) is 9.36 Å². The fourth-order valence-corrected chi connectivity index (χ4v) is 3.23. The fourth-order valence-electron chi connectivity index (χ4n) is 2.46. The molecule has 3 aromatic heterocycles. The number of para-hydroxylation sites is 2. The van der Waals surface area contributed by atoms with Gasteiger partial charge in [-0.2, -0.15) is 4.98 Å². The number of rotatable bonds is 4. The lowest BCUT2D eigenvalue weighted by Gasteiger charge is -2.05. The molecule has 4 rings (SSSR count). The van der Waals surface area contributed by atoms with Gasteiger partial charge in [0.1, 0.15) is 11.4 Å². The summed E-state index contributed by atoms with van der Waals surface area (Å²) in [6, 6.07) is 8.69. The summed E-state index contributed by atoms with van der Waals surface area (Å²) in [5, 5.41) is 8.33. The molecule has 0 bridgehead atoms. The van der Waals surface area contributed by atoms with Gasteiger partial charge in [-0.15, -0.1) is 11.3 Å². The Bertz CT molecular complexity index is 1120. The SMILES string of the molecule is Cc1noc(-c2sccc2NC(=O)Cn2c(=O)oc3ccccc32)n1. The van der Waals surface area contributed by atoms with E-state index < -0.39 is 5.76 Å². The molecule has 25 heavy (non-hydrogen) atoms. The van der Waals surface area contributed by atoms with Gasteiger partial charge in [0.2, 0.25) is 5.91 Å². The average Bonchev–Trinajstić information content (AvgIpc) is 3.28. The van der Waals surface area contributed by atoms with E-state index in [-0.39, 0.29) is 12.5 Å². The second kappa shape index (κ2) is 6.02. The van der Waals surface area contributed by atoms with Crippen LogP contribution in [-0.4, -0.2) is 20.6 Å². The quantitative estimate of drug-likeness (QED) is 0.603. The number of thiophene rings is 1. The van der Waals surface area contributed by atoms with E-state index in [2.05, 4.69) is 15.5 Å². The van der Waals surface area contributed by atoms with Crippen LogP contribution in [0.15, 0.2) is 49.4 Å². The van der Waals surface area contributed by atoms with Crippen LogP contribution in [0.5, 0.6) is 0 Å². The van der Waals surface area contributed by atoms with Crippen molar-refractivity contribution in [3.63, 3.8) is 0 Å². The molecule has 0 fully saturated rings. The van der Waals surface area contributed by atoms with Crippen molar-refractivity contribution in [3.8, 4) is 10.8 Å². The third kappa shape index (κ3) is 2.85. The van der Waals surface area contributed by atoms with Crippen molar-refractivity contribution in [2.45, 2.75) is 13.5 Å². The summed E-state index contributed by atoms with van der Waals surface area (Å²) in [4.78, 5) is 29.2. The Labute approximate surface area is 144 Å². The summed E-state index contributed by atoms with van der Waals surface area (Å²) in [6.07, 6.45) is 0. The lowest BCUT2D eigenvalue weighted by Crippen LogP contribution is -2.24. The van der Waals surface area contributed by atoms with Crippen LogP contribution in [-0.2, 0) is 11.3 Å². The smallest absolute Gasteiger partial charge is 0.408 e. The largest absolute Gasteiger partial charge is 0.420 e. The van der Waals surface area contributed by atoms with Gasteiger partial charge in [0, 0.05) is 0 Å². The Morgan fingerprint density at radius 1 is 1.32 bits per heavy atom. The Hall–Kier alpha value is -3.20. The summed E-state index contributed by atoms with van der Waals surface area (Å²) in [7, 11) is 0. The Balaban J connectivity index is 1.58. The molecule has 4 aromatic rings. The molecule has 1 N–H and O–H groups in total. The number of fused-ring (bicyclic) bond motifs is 1. The molecular formula is C16H12N4O4S. The molecule has 0 saturated carbocycles. The molecule has 1 aromatic carbocycles. The van der Waals surface area contributed by atoms with Gasteiger partial charge in [-0.25, -0.2) is 4.79 Å². The first-order valence-electron chi connectivity index (χ1n) is 7.38. The third-order valence-corrected chi connectivity index (χ3v) is 4.44. The molecule has 3 heterocycles. The number of amides is 1. The second-order valence-electron chi connectivity index (χ2n) is 5.28. The Morgan fingerprint density at radius 3 is 2.96 bits per heavy atom. The van der Waals surface area contributed by atoms with Gasteiger partial charge in [-0.05, 0) is 30.5 Å². The highest BCUT2D eigenvalue weighted by Gasteiger charge is 2.17. The van der Waals surface area contributed by atoms with E-state index in [9.17, 15) is 9.59 Å². The van der Waals surface area contributed by atoms with E-state index >= 15 is 0 Å². The molecule has 0 aliphatic carbocycles. The monoisotopic (exact) mass is 356 g/mol. The number of carbonyl (C=O) groups excluding carboxylic acids is 1. The van der Waals surface area contributed by atoms with E-state index in [4.69, 9.17) is 8.94 Å². The van der Waals surface area contributed by atoms with Crippen LogP contribution in [0, 0.1) is 6.92 Å². The lowest BCUT2D eigenvalue weighted by atomic mass is 10.3. The van der Waals surface area contributed by atoms with Crippen molar-refractivity contribution in [3.05, 3.63) is 52.1 Å². The minimum Gasteiger partial charge on any atom is -0.408 e. The molecule has 0 radical (unpaired) electrons. The molecule has 8 nitrogen and oxygen atoms in total. The van der Waals surface area contributed by atoms with E-state index in [0.29, 0.717) is 33.4 Å². The molecule has 0 saturated heterocycles. The molecule has 0 spiro atoms. The molecule has 9 heteroatoms. The van der Waals surface area contributed by atoms with Crippen molar-refractivity contribution in [2.75, 3.05) is 5.32 Å². The molecule has 0 aliphatic heterocycles. The summed E-state index contributed by atoms with van der Waals surface area (Å²) >= 11 is 1.37. The molecule has 0 atom stereocenters. The average molecular weight is 356 g/mol. The summed E-state index contributed by atoms with van der Waals surface area (Å²) in [5.74, 6) is -0.0789. The maximum atomic E-state index is 12.4. The normalized spacial score (nSPS) is 11.1. The van der Waals surface area contributed by atoms with Gasteiger partial charge >= 0.3 is 5.76 Å². The molecular weight excluding hydrogens is 344 g/mol. The number of hydrogen-bond donors (Lipinski definition) is 1. The number of nitrogens with one attached hydrogen (secondary N) is 1. The van der Waals surface area contributed by atoms with Crippen molar-refractivity contribution in [1.29, 1.82) is 0 Å². The van der Waals surface area contributed by atoms with E-state index in [1.165, 1.54) is 15.9 Å². The maximum absolute atomic E-state index is 12.4. The highest BCUT2D eigenvalue weighted by Crippen LogP contribution is 2.32. The van der Waals surface area contributed by atoms with E-state index in [1.807, 2.05) is 5.38 Å². The summed E-state index contributed by atoms with van der Waals surface area (Å²) in [6.45, 7) is 1.56. The number of hydrogen-bond acceptors (Lipinski definition) is 7. The van der Waals surface area contributed by atoms with Crippen LogP contribution >= 0.6 is 11.3 Å². The number of aromatic nitrogens is 3. The lowest BCUT2D eigenvalue weighted by molar-refractivity contribution is -0.116. The summed E-state index contributed by atoms with van der Waals surface area (Å²) < 4.78 is 11.6. The van der Waals surface area contributed by atoms with Crippen LogP contribution in [0.2, 0.25) is 0 Å². The number of carbonyl (C=O) groups is 1. The Kier molecular flexibility index (Phi) is 3.69. The van der Waals surface area contributed by atoms with Crippen molar-refractivity contribution in [1.82, 2.24) is 14.7 Å². The highest BCUT2D eigenvalue weighted by molar-refractivity contribution is 7.14. The number of benzene rings is 1. The van der Waals surface area contributed by atoms with Gasteiger partial charge in [0.05, 0.1) is 11.2 Å². The van der Waals surface area contributed by atoms with Gasteiger partial charge in [0.25, 0.3) is 5.89 Å². The molecule has 0 unspecified atom stereocenters. The van der Waals surface area contributed by atoms with Crippen LogP contribution in [0.3, 0.4) is 0 Å². The molecule has 0 aliphatic rings. The van der Waals surface area contributed by atoms with Crippen LogP contribution < -0.4 is 11.1 Å². The van der Waals surface area contributed by atoms with Crippen LogP contribution in [0.25, 0.3) is 21.9 Å². The topological polar surface area (TPSA) is 103 Å². The van der Waals surface area contributed by atoms with Gasteiger partial charge in [0.15, 0.2) is 11.4 Å². The first-order valence-corrected chi connectivity index (χ1v) is 8.26. The zero-order valence-electron chi connectivity index (χ0n) is 13.1. The Morgan fingerprint density at radius 2 is 2.16 bits per heavy atom. The number of oxazole rings is 1.